The molecule has 0 fully saturated rings. The molecular weight excluding hydrogens is 332 g/mol. The van der Waals surface area contributed by atoms with E-state index in [2.05, 4.69) is 6.92 Å². The van der Waals surface area contributed by atoms with Crippen LogP contribution in [0.1, 0.15) is 43.5 Å². The number of hydrogen-bond acceptors (Lipinski definition) is 5. The van der Waals surface area contributed by atoms with E-state index in [0.29, 0.717) is 23.7 Å². The van der Waals surface area contributed by atoms with Gasteiger partial charge in [0.05, 0.1) is 6.61 Å². The number of unbranched alkanes of at least 4 members (excludes halogenated alkanes) is 2. The molecule has 5 heteroatoms. The Morgan fingerprint density at radius 3 is 1.96 bits per heavy atom. The average Bonchev–Trinajstić information content (AvgIpc) is 2.65. The molecule has 0 aliphatic heterocycles. The minimum absolute atomic E-state index is 0.0380. The number of rotatable bonds is 10. The number of Topliss-reactive ketones (excluding diaryl/α,β-unsaturated/α-hetero) is 1. The molecule has 0 aromatic heterocycles. The fourth-order valence-corrected chi connectivity index (χ4v) is 2.24. The van der Waals surface area contributed by atoms with Gasteiger partial charge in [0.25, 0.3) is 0 Å². The molecule has 0 bridgehead atoms. The Morgan fingerprint density at radius 1 is 0.808 bits per heavy atom. The monoisotopic (exact) mass is 356 g/mol. The molecular formula is C21H24O5. The summed E-state index contributed by atoms with van der Waals surface area (Å²) in [6.45, 7) is 4.13. The Balaban J connectivity index is 1.75. The van der Waals surface area contributed by atoms with E-state index in [0.717, 1.165) is 25.0 Å². The molecule has 2 aromatic rings. The maximum Gasteiger partial charge on any atom is 0.349 e. The van der Waals surface area contributed by atoms with Gasteiger partial charge in [0.15, 0.2) is 12.4 Å². The smallest absolute Gasteiger partial charge is 0.349 e. The molecule has 138 valence electrons. The van der Waals surface area contributed by atoms with Crippen molar-refractivity contribution in [1.29, 1.82) is 0 Å². The quantitative estimate of drug-likeness (QED) is 0.272. The topological polar surface area (TPSA) is 61.8 Å². The molecule has 0 radical (unpaired) electrons. The molecule has 5 nitrogen and oxygen atoms in total. The lowest BCUT2D eigenvalue weighted by atomic mass is 10.1. The largest absolute Gasteiger partial charge is 0.494 e. The number of ketones is 1. The second-order valence-corrected chi connectivity index (χ2v) is 5.87. The molecule has 0 atom stereocenters. The van der Waals surface area contributed by atoms with Crippen LogP contribution in [0, 0.1) is 0 Å². The summed E-state index contributed by atoms with van der Waals surface area (Å²) in [5.74, 6) is 1.17. The predicted octanol–water partition coefficient (Wildman–Crippen LogP) is 4.44. The maximum atomic E-state index is 11.8. The Bertz CT molecular complexity index is 704. The van der Waals surface area contributed by atoms with E-state index in [1.54, 1.807) is 36.4 Å². The first-order chi connectivity index (χ1) is 12.6. The molecule has 0 saturated carbocycles. The number of benzene rings is 2. The highest BCUT2D eigenvalue weighted by molar-refractivity contribution is 5.94. The Labute approximate surface area is 153 Å². The predicted molar refractivity (Wildman–Crippen MR) is 99.0 cm³/mol. The van der Waals surface area contributed by atoms with Crippen molar-refractivity contribution in [2.24, 2.45) is 0 Å². The van der Waals surface area contributed by atoms with Crippen molar-refractivity contribution in [1.82, 2.24) is 0 Å². The summed E-state index contributed by atoms with van der Waals surface area (Å²) in [6, 6.07) is 13.5. The molecule has 0 N–H and O–H groups in total. The zero-order valence-electron chi connectivity index (χ0n) is 15.2. The second kappa shape index (κ2) is 10.2. The molecule has 0 heterocycles. The van der Waals surface area contributed by atoms with E-state index in [-0.39, 0.29) is 12.4 Å². The van der Waals surface area contributed by atoms with Gasteiger partial charge in [-0.1, -0.05) is 19.8 Å². The van der Waals surface area contributed by atoms with Gasteiger partial charge in [-0.3, -0.25) is 4.79 Å². The van der Waals surface area contributed by atoms with E-state index >= 15 is 0 Å². The Kier molecular flexibility index (Phi) is 7.68. The van der Waals surface area contributed by atoms with Crippen molar-refractivity contribution >= 4 is 11.8 Å². The highest BCUT2D eigenvalue weighted by atomic mass is 16.6. The minimum Gasteiger partial charge on any atom is -0.494 e. The first-order valence-electron chi connectivity index (χ1n) is 8.76. The molecule has 0 amide bonds. The van der Waals surface area contributed by atoms with Gasteiger partial charge in [0, 0.05) is 5.56 Å². The lowest BCUT2D eigenvalue weighted by Gasteiger charge is -2.09. The number of ether oxygens (including phenoxy) is 3. The first-order valence-corrected chi connectivity index (χ1v) is 8.76. The molecule has 0 aliphatic rings. The van der Waals surface area contributed by atoms with Crippen LogP contribution in [0.2, 0.25) is 0 Å². The highest BCUT2D eigenvalue weighted by Gasteiger charge is 2.07. The Morgan fingerprint density at radius 2 is 1.38 bits per heavy atom. The van der Waals surface area contributed by atoms with Crippen LogP contribution >= 0.6 is 0 Å². The highest BCUT2D eigenvalue weighted by Crippen LogP contribution is 2.18. The van der Waals surface area contributed by atoms with Gasteiger partial charge in [0.1, 0.15) is 17.2 Å². The zero-order chi connectivity index (χ0) is 18.8. The Hall–Kier alpha value is -2.82. The fraction of sp³-hybridized carbons (Fsp3) is 0.333. The molecule has 2 rings (SSSR count). The van der Waals surface area contributed by atoms with Crippen molar-refractivity contribution in [3.05, 3.63) is 54.1 Å². The zero-order valence-corrected chi connectivity index (χ0v) is 15.2. The summed E-state index contributed by atoms with van der Waals surface area (Å²) < 4.78 is 16.2. The van der Waals surface area contributed by atoms with Gasteiger partial charge in [-0.2, -0.15) is 0 Å². The summed E-state index contributed by atoms with van der Waals surface area (Å²) in [4.78, 5) is 23.0. The summed E-state index contributed by atoms with van der Waals surface area (Å²) in [6.07, 6.45) is 3.35. The average molecular weight is 356 g/mol. The van der Waals surface area contributed by atoms with Gasteiger partial charge in [-0.05, 0) is 61.9 Å². The van der Waals surface area contributed by atoms with Crippen molar-refractivity contribution < 1.29 is 23.8 Å². The standard InChI is InChI=1S/C21H24O5/c1-3-4-5-14-24-18-10-12-19(13-11-18)25-15-21(23)26-20-8-6-17(7-9-20)16(2)22/h6-13H,3-5,14-15H2,1-2H3. The van der Waals surface area contributed by atoms with E-state index in [1.165, 1.54) is 6.92 Å². The van der Waals surface area contributed by atoms with Gasteiger partial charge in [0.2, 0.25) is 0 Å². The first kappa shape index (κ1) is 19.5. The van der Waals surface area contributed by atoms with Crippen molar-refractivity contribution in [3.8, 4) is 17.2 Å². The number of carbonyl (C=O) groups excluding carboxylic acids is 2. The second-order valence-electron chi connectivity index (χ2n) is 5.87. The molecule has 0 spiro atoms. The third-order valence-corrected chi connectivity index (χ3v) is 3.69. The fourth-order valence-electron chi connectivity index (χ4n) is 2.24. The van der Waals surface area contributed by atoms with E-state index < -0.39 is 5.97 Å². The molecule has 0 unspecified atom stereocenters. The SMILES string of the molecule is CCCCCOc1ccc(OCC(=O)Oc2ccc(C(C)=O)cc2)cc1. The molecule has 2 aromatic carbocycles. The summed E-state index contributed by atoms with van der Waals surface area (Å²) in [7, 11) is 0. The van der Waals surface area contributed by atoms with Crippen LogP contribution < -0.4 is 14.2 Å². The van der Waals surface area contributed by atoms with Crippen LogP contribution in [0.15, 0.2) is 48.5 Å². The van der Waals surface area contributed by atoms with E-state index in [9.17, 15) is 9.59 Å². The molecule has 0 aliphatic carbocycles. The summed E-state index contributed by atoms with van der Waals surface area (Å²) in [5, 5.41) is 0. The van der Waals surface area contributed by atoms with E-state index in [4.69, 9.17) is 14.2 Å². The van der Waals surface area contributed by atoms with Crippen molar-refractivity contribution in [2.45, 2.75) is 33.1 Å². The van der Waals surface area contributed by atoms with Gasteiger partial charge in [-0.25, -0.2) is 4.79 Å². The normalized spacial score (nSPS) is 10.2. The third kappa shape index (κ3) is 6.59. The van der Waals surface area contributed by atoms with Crippen molar-refractivity contribution in [2.75, 3.05) is 13.2 Å². The lowest BCUT2D eigenvalue weighted by molar-refractivity contribution is -0.136. The van der Waals surface area contributed by atoms with Gasteiger partial charge < -0.3 is 14.2 Å². The lowest BCUT2D eigenvalue weighted by Crippen LogP contribution is -2.17. The third-order valence-electron chi connectivity index (χ3n) is 3.69. The molecule has 0 saturated heterocycles. The van der Waals surface area contributed by atoms with Crippen LogP contribution in [0.4, 0.5) is 0 Å². The number of carbonyl (C=O) groups is 2. The van der Waals surface area contributed by atoms with Crippen LogP contribution in [-0.2, 0) is 4.79 Å². The van der Waals surface area contributed by atoms with Crippen LogP contribution in [0.5, 0.6) is 17.2 Å². The number of hydrogen-bond donors (Lipinski definition) is 0. The van der Waals surface area contributed by atoms with Crippen LogP contribution in [-0.4, -0.2) is 25.0 Å². The number of esters is 1. The summed E-state index contributed by atoms with van der Waals surface area (Å²) in [5.41, 5.74) is 0.568. The minimum atomic E-state index is -0.513. The van der Waals surface area contributed by atoms with Gasteiger partial charge >= 0.3 is 5.97 Å². The van der Waals surface area contributed by atoms with E-state index in [1.807, 2.05) is 12.1 Å². The molecule has 26 heavy (non-hydrogen) atoms. The van der Waals surface area contributed by atoms with Crippen molar-refractivity contribution in [3.63, 3.8) is 0 Å². The van der Waals surface area contributed by atoms with Crippen LogP contribution in [0.3, 0.4) is 0 Å². The van der Waals surface area contributed by atoms with Gasteiger partial charge in [-0.15, -0.1) is 0 Å². The van der Waals surface area contributed by atoms with Crippen LogP contribution in [0.25, 0.3) is 0 Å². The summed E-state index contributed by atoms with van der Waals surface area (Å²) >= 11 is 0. The maximum absolute atomic E-state index is 11.8.